The zero-order chi connectivity index (χ0) is 12.6. The molecule has 5 heteroatoms. The summed E-state index contributed by atoms with van der Waals surface area (Å²) in [5.41, 5.74) is -1.05. The van der Waals surface area contributed by atoms with Crippen LogP contribution < -0.4 is 0 Å². The molecule has 0 aromatic heterocycles. The lowest BCUT2D eigenvalue weighted by atomic mass is 9.98. The van der Waals surface area contributed by atoms with E-state index in [4.69, 9.17) is 4.74 Å². The number of carboxylic acid groups (broad SMARTS) is 1. The maximum atomic E-state index is 12.3. The van der Waals surface area contributed by atoms with Gasteiger partial charge in [-0.15, -0.1) is 0 Å². The summed E-state index contributed by atoms with van der Waals surface area (Å²) < 4.78 is 5.52. The van der Waals surface area contributed by atoms with E-state index in [1.165, 1.54) is 4.90 Å². The highest BCUT2D eigenvalue weighted by atomic mass is 16.5. The van der Waals surface area contributed by atoms with Gasteiger partial charge in [-0.3, -0.25) is 4.79 Å². The number of aliphatic carboxylic acids is 1. The van der Waals surface area contributed by atoms with Crippen molar-refractivity contribution in [2.45, 2.75) is 57.3 Å². The first-order chi connectivity index (χ1) is 7.95. The van der Waals surface area contributed by atoms with Crippen LogP contribution >= 0.6 is 0 Å². The van der Waals surface area contributed by atoms with Crippen LogP contribution in [0.1, 0.15) is 39.5 Å². The van der Waals surface area contributed by atoms with Gasteiger partial charge in [0.25, 0.3) is 5.91 Å². The zero-order valence-electron chi connectivity index (χ0n) is 10.3. The second-order valence-electron chi connectivity index (χ2n) is 5.19. The van der Waals surface area contributed by atoms with E-state index in [1.54, 1.807) is 6.92 Å². The maximum absolute atomic E-state index is 12.3. The van der Waals surface area contributed by atoms with Gasteiger partial charge in [0.2, 0.25) is 0 Å². The van der Waals surface area contributed by atoms with E-state index in [0.29, 0.717) is 19.4 Å². The van der Waals surface area contributed by atoms with Crippen LogP contribution in [0.2, 0.25) is 0 Å². The van der Waals surface area contributed by atoms with Crippen molar-refractivity contribution in [1.29, 1.82) is 0 Å². The first-order valence-electron chi connectivity index (χ1n) is 6.15. The number of ether oxygens (including phenoxy) is 1. The smallest absolute Gasteiger partial charge is 0.329 e. The van der Waals surface area contributed by atoms with Crippen molar-refractivity contribution in [3.8, 4) is 0 Å². The Bertz CT molecular complexity index is 343. The molecule has 0 aliphatic carbocycles. The van der Waals surface area contributed by atoms with Crippen molar-refractivity contribution in [1.82, 2.24) is 4.90 Å². The van der Waals surface area contributed by atoms with Crippen LogP contribution in [0, 0.1) is 0 Å². The largest absolute Gasteiger partial charge is 0.480 e. The monoisotopic (exact) mass is 241 g/mol. The highest BCUT2D eigenvalue weighted by molar-refractivity contribution is 5.89. The van der Waals surface area contributed by atoms with Gasteiger partial charge in [0, 0.05) is 6.54 Å². The molecule has 1 N–H and O–H groups in total. The SMILES string of the molecule is C[C@@H]1CC[C@H](C(=O)N2CCCC2(C)C(=O)O)O1. The van der Waals surface area contributed by atoms with Gasteiger partial charge in [-0.25, -0.2) is 4.79 Å². The van der Waals surface area contributed by atoms with E-state index in [9.17, 15) is 14.7 Å². The number of nitrogens with zero attached hydrogens (tertiary/aromatic N) is 1. The van der Waals surface area contributed by atoms with E-state index >= 15 is 0 Å². The van der Waals surface area contributed by atoms with E-state index in [0.717, 1.165) is 12.8 Å². The summed E-state index contributed by atoms with van der Waals surface area (Å²) in [6, 6.07) is 0. The quantitative estimate of drug-likeness (QED) is 0.783. The molecule has 0 aromatic carbocycles. The standard InChI is InChI=1S/C12H19NO4/c1-8-4-5-9(17-8)10(14)13-7-3-6-12(13,2)11(15)16/h8-9H,3-7H2,1-2H3,(H,15,16)/t8-,9-,12?/m1/s1. The maximum Gasteiger partial charge on any atom is 0.329 e. The first-order valence-corrected chi connectivity index (χ1v) is 6.15. The fourth-order valence-corrected chi connectivity index (χ4v) is 2.70. The Kier molecular flexibility index (Phi) is 3.12. The Labute approximate surface area is 101 Å². The Morgan fingerprint density at radius 2 is 2.12 bits per heavy atom. The molecular weight excluding hydrogens is 222 g/mol. The van der Waals surface area contributed by atoms with Crippen molar-refractivity contribution < 1.29 is 19.4 Å². The molecule has 0 spiro atoms. The van der Waals surface area contributed by atoms with Crippen LogP contribution in [0.25, 0.3) is 0 Å². The number of carboxylic acids is 1. The lowest BCUT2D eigenvalue weighted by Crippen LogP contribution is -2.53. The molecule has 2 heterocycles. The van der Waals surface area contributed by atoms with Crippen LogP contribution in [0.5, 0.6) is 0 Å². The summed E-state index contributed by atoms with van der Waals surface area (Å²) in [6.07, 6.45) is 2.50. The molecule has 2 saturated heterocycles. The molecular formula is C12H19NO4. The molecule has 2 fully saturated rings. The fraction of sp³-hybridized carbons (Fsp3) is 0.833. The molecule has 3 atom stereocenters. The molecule has 0 aromatic rings. The molecule has 2 rings (SSSR count). The van der Waals surface area contributed by atoms with Gasteiger partial charge in [0.05, 0.1) is 6.10 Å². The highest BCUT2D eigenvalue weighted by Gasteiger charge is 2.48. The van der Waals surface area contributed by atoms with Crippen molar-refractivity contribution in [2.24, 2.45) is 0 Å². The second kappa shape index (κ2) is 4.29. The minimum atomic E-state index is -1.05. The van der Waals surface area contributed by atoms with Crippen molar-refractivity contribution in [3.05, 3.63) is 0 Å². The first kappa shape index (κ1) is 12.4. The molecule has 96 valence electrons. The summed E-state index contributed by atoms with van der Waals surface area (Å²) in [5, 5.41) is 9.25. The Morgan fingerprint density at radius 3 is 2.65 bits per heavy atom. The van der Waals surface area contributed by atoms with E-state index in [1.807, 2.05) is 6.92 Å². The summed E-state index contributed by atoms with van der Waals surface area (Å²) >= 11 is 0. The average molecular weight is 241 g/mol. The third kappa shape index (κ3) is 2.04. The Morgan fingerprint density at radius 1 is 1.41 bits per heavy atom. The van der Waals surface area contributed by atoms with Crippen LogP contribution in [0.15, 0.2) is 0 Å². The fourth-order valence-electron chi connectivity index (χ4n) is 2.70. The van der Waals surface area contributed by atoms with Gasteiger partial charge in [-0.05, 0) is 39.5 Å². The summed E-state index contributed by atoms with van der Waals surface area (Å²) in [6.45, 7) is 4.09. The van der Waals surface area contributed by atoms with Crippen molar-refractivity contribution in [2.75, 3.05) is 6.54 Å². The topological polar surface area (TPSA) is 66.8 Å². The van der Waals surface area contributed by atoms with E-state index < -0.39 is 17.6 Å². The predicted molar refractivity (Wildman–Crippen MR) is 60.6 cm³/mol. The average Bonchev–Trinajstić information content (AvgIpc) is 2.85. The minimum absolute atomic E-state index is 0.0997. The second-order valence-corrected chi connectivity index (χ2v) is 5.19. The van der Waals surface area contributed by atoms with Gasteiger partial charge in [0.15, 0.2) is 0 Å². The third-order valence-corrected chi connectivity index (χ3v) is 3.88. The third-order valence-electron chi connectivity index (χ3n) is 3.88. The van der Waals surface area contributed by atoms with Gasteiger partial charge >= 0.3 is 5.97 Å². The number of hydrogen-bond acceptors (Lipinski definition) is 3. The summed E-state index contributed by atoms with van der Waals surface area (Å²) in [5.74, 6) is -1.08. The predicted octanol–water partition coefficient (Wildman–Crippen LogP) is 1.02. The molecule has 17 heavy (non-hydrogen) atoms. The number of carbonyl (C=O) groups is 2. The van der Waals surface area contributed by atoms with Crippen molar-refractivity contribution in [3.63, 3.8) is 0 Å². The molecule has 0 saturated carbocycles. The molecule has 0 bridgehead atoms. The lowest BCUT2D eigenvalue weighted by Gasteiger charge is -2.32. The van der Waals surface area contributed by atoms with Gasteiger partial charge in [-0.1, -0.05) is 0 Å². The number of carbonyl (C=O) groups excluding carboxylic acids is 1. The summed E-state index contributed by atoms with van der Waals surface area (Å²) in [7, 11) is 0. The molecule has 2 aliphatic rings. The number of hydrogen-bond donors (Lipinski definition) is 1. The van der Waals surface area contributed by atoms with Crippen LogP contribution in [0.3, 0.4) is 0 Å². The highest BCUT2D eigenvalue weighted by Crippen LogP contribution is 2.32. The number of rotatable bonds is 2. The van der Waals surface area contributed by atoms with E-state index in [2.05, 4.69) is 0 Å². The number of likely N-dealkylation sites (tertiary alicyclic amines) is 1. The molecule has 2 aliphatic heterocycles. The normalized spacial score (nSPS) is 37.4. The van der Waals surface area contributed by atoms with Crippen LogP contribution in [0.4, 0.5) is 0 Å². The van der Waals surface area contributed by atoms with Crippen LogP contribution in [-0.4, -0.2) is 46.2 Å². The van der Waals surface area contributed by atoms with Gasteiger partial charge in [-0.2, -0.15) is 0 Å². The molecule has 5 nitrogen and oxygen atoms in total. The molecule has 1 amide bonds. The molecule has 0 radical (unpaired) electrons. The lowest BCUT2D eigenvalue weighted by molar-refractivity contribution is -0.160. The minimum Gasteiger partial charge on any atom is -0.480 e. The van der Waals surface area contributed by atoms with Crippen molar-refractivity contribution >= 4 is 11.9 Å². The Hall–Kier alpha value is -1.10. The van der Waals surface area contributed by atoms with Gasteiger partial charge in [0.1, 0.15) is 11.6 Å². The van der Waals surface area contributed by atoms with Gasteiger partial charge < -0.3 is 14.7 Å². The Balaban J connectivity index is 2.11. The number of amides is 1. The van der Waals surface area contributed by atoms with Crippen LogP contribution in [-0.2, 0) is 14.3 Å². The zero-order valence-corrected chi connectivity index (χ0v) is 10.3. The van der Waals surface area contributed by atoms with E-state index in [-0.39, 0.29) is 12.0 Å². The molecule has 1 unspecified atom stereocenters. The summed E-state index contributed by atoms with van der Waals surface area (Å²) in [4.78, 5) is 25.0.